The van der Waals surface area contributed by atoms with Gasteiger partial charge in [0.2, 0.25) is 15.9 Å². The summed E-state index contributed by atoms with van der Waals surface area (Å²) in [6.07, 6.45) is 2.78. The normalized spacial score (nSPS) is 11.6. The second-order valence-electron chi connectivity index (χ2n) is 4.40. The molecule has 0 radical (unpaired) electrons. The molecule has 1 aromatic heterocycles. The Labute approximate surface area is 118 Å². The predicted octanol–water partition coefficient (Wildman–Crippen LogP) is 2.27. The number of para-hydroxylation sites is 1. The fourth-order valence-corrected chi connectivity index (χ4v) is 1.97. The van der Waals surface area contributed by atoms with Gasteiger partial charge in [0.05, 0.1) is 6.26 Å². The van der Waals surface area contributed by atoms with E-state index in [9.17, 15) is 8.42 Å². The molecule has 0 saturated carbocycles. The van der Waals surface area contributed by atoms with Gasteiger partial charge in [-0.25, -0.2) is 17.7 Å². The van der Waals surface area contributed by atoms with Gasteiger partial charge in [0, 0.05) is 25.4 Å². The first kappa shape index (κ1) is 14.5. The van der Waals surface area contributed by atoms with Gasteiger partial charge in [0.1, 0.15) is 5.75 Å². The summed E-state index contributed by atoms with van der Waals surface area (Å²) in [5.41, 5.74) is 0.712. The van der Waals surface area contributed by atoms with Crippen molar-refractivity contribution < 1.29 is 13.2 Å². The molecule has 2 rings (SSSR count). The summed E-state index contributed by atoms with van der Waals surface area (Å²) in [7, 11) is -1.72. The molecule has 0 bridgehead atoms. The number of hydrogen-bond donors (Lipinski definition) is 0. The first-order valence-corrected chi connectivity index (χ1v) is 7.90. The van der Waals surface area contributed by atoms with Gasteiger partial charge in [-0.05, 0) is 18.2 Å². The van der Waals surface area contributed by atoms with Crippen LogP contribution in [0, 0.1) is 0 Å². The smallest absolute Gasteiger partial charge is 0.223 e. The van der Waals surface area contributed by atoms with Crippen LogP contribution in [-0.2, 0) is 16.6 Å². The van der Waals surface area contributed by atoms with E-state index in [1.165, 1.54) is 17.6 Å². The molecule has 0 unspecified atom stereocenters. The Morgan fingerprint density at radius 3 is 2.50 bits per heavy atom. The highest BCUT2D eigenvalue weighted by molar-refractivity contribution is 7.88. The van der Waals surface area contributed by atoms with Crippen LogP contribution in [0.4, 0.5) is 0 Å². The Hall–Kier alpha value is -1.92. The third-order valence-electron chi connectivity index (χ3n) is 2.77. The minimum absolute atomic E-state index is 0.217. The highest BCUT2D eigenvalue weighted by Crippen LogP contribution is 2.23. The van der Waals surface area contributed by atoms with Gasteiger partial charge < -0.3 is 4.74 Å². The van der Waals surface area contributed by atoms with Gasteiger partial charge >= 0.3 is 0 Å². The van der Waals surface area contributed by atoms with Gasteiger partial charge in [-0.2, -0.15) is 0 Å². The summed E-state index contributed by atoms with van der Waals surface area (Å²) in [6.45, 7) is 0.217. The molecule has 0 aliphatic rings. The highest BCUT2D eigenvalue weighted by atomic mass is 32.2. The van der Waals surface area contributed by atoms with Crippen molar-refractivity contribution in [2.24, 2.45) is 0 Å². The Kier molecular flexibility index (Phi) is 4.36. The molecular weight excluding hydrogens is 276 g/mol. The topological polar surface area (TPSA) is 59.5 Å². The predicted molar refractivity (Wildman–Crippen MR) is 77.1 cm³/mol. The molecule has 20 heavy (non-hydrogen) atoms. The van der Waals surface area contributed by atoms with E-state index in [1.807, 2.05) is 30.3 Å². The van der Waals surface area contributed by atoms with E-state index in [1.54, 1.807) is 18.3 Å². The number of ether oxygens (including phenoxy) is 1. The molecule has 1 heterocycles. The quantitative estimate of drug-likeness (QED) is 0.848. The molecule has 0 aliphatic heterocycles. The van der Waals surface area contributed by atoms with E-state index in [0.29, 0.717) is 17.2 Å². The van der Waals surface area contributed by atoms with Gasteiger partial charge in [-0.3, -0.25) is 0 Å². The average Bonchev–Trinajstić information content (AvgIpc) is 2.41. The van der Waals surface area contributed by atoms with Crippen LogP contribution in [0.5, 0.6) is 11.6 Å². The number of nitrogens with zero attached hydrogens (tertiary/aromatic N) is 2. The van der Waals surface area contributed by atoms with Crippen molar-refractivity contribution >= 4 is 10.0 Å². The van der Waals surface area contributed by atoms with Gasteiger partial charge in [-0.15, -0.1) is 0 Å². The SMILES string of the molecule is CN(Cc1cccnc1Oc1ccccc1)S(C)(=O)=O. The summed E-state index contributed by atoms with van der Waals surface area (Å²) in [6, 6.07) is 12.8. The van der Waals surface area contributed by atoms with Gasteiger partial charge in [0.25, 0.3) is 0 Å². The van der Waals surface area contributed by atoms with E-state index in [0.717, 1.165) is 0 Å². The molecule has 106 valence electrons. The van der Waals surface area contributed by atoms with E-state index in [-0.39, 0.29) is 6.54 Å². The van der Waals surface area contributed by atoms with Crippen molar-refractivity contribution in [3.05, 3.63) is 54.2 Å². The van der Waals surface area contributed by atoms with Crippen LogP contribution in [-0.4, -0.2) is 31.0 Å². The number of benzene rings is 1. The van der Waals surface area contributed by atoms with Crippen LogP contribution in [0.25, 0.3) is 0 Å². The first-order valence-electron chi connectivity index (χ1n) is 6.05. The standard InChI is InChI=1S/C14H16N2O3S/c1-16(20(2,17)18)11-12-7-6-10-15-14(12)19-13-8-4-3-5-9-13/h3-10H,11H2,1-2H3. The van der Waals surface area contributed by atoms with E-state index in [2.05, 4.69) is 4.98 Å². The zero-order valence-electron chi connectivity index (χ0n) is 11.4. The lowest BCUT2D eigenvalue weighted by Crippen LogP contribution is -2.25. The number of aromatic nitrogens is 1. The van der Waals surface area contributed by atoms with Crippen LogP contribution in [0.1, 0.15) is 5.56 Å². The molecule has 0 spiro atoms. The minimum Gasteiger partial charge on any atom is -0.439 e. The molecule has 6 heteroatoms. The molecule has 0 amide bonds. The summed E-state index contributed by atoms with van der Waals surface area (Å²) >= 11 is 0. The molecule has 1 aromatic carbocycles. The second-order valence-corrected chi connectivity index (χ2v) is 6.49. The number of rotatable bonds is 5. The Morgan fingerprint density at radius 2 is 1.85 bits per heavy atom. The molecular formula is C14H16N2O3S. The molecule has 2 aromatic rings. The van der Waals surface area contributed by atoms with E-state index >= 15 is 0 Å². The Balaban J connectivity index is 2.23. The molecule has 5 nitrogen and oxygen atoms in total. The van der Waals surface area contributed by atoms with Crippen LogP contribution in [0.3, 0.4) is 0 Å². The van der Waals surface area contributed by atoms with Gasteiger partial charge in [-0.1, -0.05) is 24.3 Å². The second kappa shape index (κ2) is 6.02. The lowest BCUT2D eigenvalue weighted by atomic mass is 10.2. The maximum absolute atomic E-state index is 11.5. The monoisotopic (exact) mass is 292 g/mol. The van der Waals surface area contributed by atoms with E-state index in [4.69, 9.17) is 4.74 Å². The molecule has 0 fully saturated rings. The fourth-order valence-electron chi connectivity index (χ4n) is 1.59. The van der Waals surface area contributed by atoms with Crippen molar-refractivity contribution in [1.82, 2.24) is 9.29 Å². The van der Waals surface area contributed by atoms with Crippen molar-refractivity contribution in [1.29, 1.82) is 0 Å². The number of sulfonamides is 1. The zero-order chi connectivity index (χ0) is 14.6. The van der Waals surface area contributed by atoms with Crippen LogP contribution in [0.15, 0.2) is 48.7 Å². The first-order chi connectivity index (χ1) is 9.47. The third kappa shape index (κ3) is 3.79. The highest BCUT2D eigenvalue weighted by Gasteiger charge is 2.15. The lowest BCUT2D eigenvalue weighted by Gasteiger charge is -2.16. The summed E-state index contributed by atoms with van der Waals surface area (Å²) < 4.78 is 29.9. The van der Waals surface area contributed by atoms with Gasteiger partial charge in [0.15, 0.2) is 0 Å². The van der Waals surface area contributed by atoms with Crippen molar-refractivity contribution in [2.45, 2.75) is 6.54 Å². The van der Waals surface area contributed by atoms with Crippen molar-refractivity contribution in [3.8, 4) is 11.6 Å². The maximum Gasteiger partial charge on any atom is 0.223 e. The number of pyridine rings is 1. The third-order valence-corrected chi connectivity index (χ3v) is 4.03. The van der Waals surface area contributed by atoms with Crippen LogP contribution in [0.2, 0.25) is 0 Å². The largest absolute Gasteiger partial charge is 0.439 e. The summed E-state index contributed by atoms with van der Waals surface area (Å²) in [5.74, 6) is 1.07. The number of hydrogen-bond acceptors (Lipinski definition) is 4. The fraction of sp³-hybridized carbons (Fsp3) is 0.214. The molecule has 0 atom stereocenters. The zero-order valence-corrected chi connectivity index (χ0v) is 12.2. The van der Waals surface area contributed by atoms with Crippen LogP contribution >= 0.6 is 0 Å². The van der Waals surface area contributed by atoms with Crippen LogP contribution < -0.4 is 4.74 Å². The summed E-state index contributed by atoms with van der Waals surface area (Å²) in [5, 5.41) is 0. The Bertz CT molecular complexity index is 672. The van der Waals surface area contributed by atoms with Crippen molar-refractivity contribution in [3.63, 3.8) is 0 Å². The molecule has 0 aliphatic carbocycles. The lowest BCUT2D eigenvalue weighted by molar-refractivity contribution is 0.431. The Morgan fingerprint density at radius 1 is 1.15 bits per heavy atom. The van der Waals surface area contributed by atoms with Crippen molar-refractivity contribution in [2.75, 3.05) is 13.3 Å². The molecule has 0 N–H and O–H groups in total. The minimum atomic E-state index is -3.24. The van der Waals surface area contributed by atoms with E-state index < -0.39 is 10.0 Å². The average molecular weight is 292 g/mol. The maximum atomic E-state index is 11.5. The summed E-state index contributed by atoms with van der Waals surface area (Å²) in [4.78, 5) is 4.17. The molecule has 0 saturated heterocycles.